The molecule has 1 aliphatic heterocycles. The summed E-state index contributed by atoms with van der Waals surface area (Å²) in [4.78, 5) is 27.7. The molecule has 1 atom stereocenters. The summed E-state index contributed by atoms with van der Waals surface area (Å²) in [6, 6.07) is 23.1. The number of likely N-dealkylation sites (tertiary alicyclic amines) is 1. The van der Waals surface area contributed by atoms with Gasteiger partial charge in [0.2, 0.25) is 0 Å². The number of carbonyl (C=O) groups is 2. The van der Waals surface area contributed by atoms with Crippen LogP contribution in [0, 0.1) is 0 Å². The van der Waals surface area contributed by atoms with E-state index < -0.39 is 17.7 Å². The first-order chi connectivity index (χ1) is 17.9. The molecule has 7 heteroatoms. The van der Waals surface area contributed by atoms with Crippen LogP contribution in [0.5, 0.6) is 11.5 Å². The van der Waals surface area contributed by atoms with Gasteiger partial charge in [-0.1, -0.05) is 54.6 Å². The predicted molar refractivity (Wildman–Crippen MR) is 140 cm³/mol. The van der Waals surface area contributed by atoms with Crippen LogP contribution in [-0.4, -0.2) is 48.1 Å². The molecule has 1 aliphatic rings. The molecule has 0 aromatic heterocycles. The van der Waals surface area contributed by atoms with Gasteiger partial charge in [-0.05, 0) is 49.2 Å². The van der Waals surface area contributed by atoms with E-state index in [1.54, 1.807) is 30.3 Å². The fraction of sp³-hybridized carbons (Fsp3) is 0.267. The van der Waals surface area contributed by atoms with Gasteiger partial charge in [-0.25, -0.2) is 0 Å². The summed E-state index contributed by atoms with van der Waals surface area (Å²) >= 11 is 0. The highest BCUT2D eigenvalue weighted by Gasteiger charge is 2.46. The van der Waals surface area contributed by atoms with E-state index >= 15 is 0 Å². The molecule has 37 heavy (non-hydrogen) atoms. The number of rotatable bonds is 10. The Hall–Kier alpha value is -4.10. The van der Waals surface area contributed by atoms with E-state index in [1.165, 1.54) is 12.0 Å². The lowest BCUT2D eigenvalue weighted by molar-refractivity contribution is -0.140. The Morgan fingerprint density at radius 1 is 0.946 bits per heavy atom. The Bertz CT molecular complexity index is 1280. The second-order valence-electron chi connectivity index (χ2n) is 9.03. The average Bonchev–Trinajstić information content (AvgIpc) is 3.15. The van der Waals surface area contributed by atoms with Crippen LogP contribution in [0.4, 0.5) is 0 Å². The lowest BCUT2D eigenvalue weighted by atomic mass is 9.95. The molecule has 0 saturated carbocycles. The maximum Gasteiger partial charge on any atom is 0.295 e. The largest absolute Gasteiger partial charge is 0.507 e. The molecule has 1 N–H and O–H groups in total. The first-order valence-electron chi connectivity index (χ1n) is 12.2. The first kappa shape index (κ1) is 26.0. The molecule has 4 rings (SSSR count). The standard InChI is InChI=1S/C30H31NO6/c1-20(2)37-25-14-8-12-23(18-25)28(32)26-27(31(15-16-35-3)30(34)29(26)33)22-11-7-13-24(17-22)36-19-21-9-5-4-6-10-21/h4-14,17-18,20,27,32H,15-16,19H2,1-3H3/b28-26-. The van der Waals surface area contributed by atoms with Gasteiger partial charge in [0.15, 0.2) is 0 Å². The number of hydrogen-bond donors (Lipinski definition) is 1. The summed E-state index contributed by atoms with van der Waals surface area (Å²) in [7, 11) is 1.53. The van der Waals surface area contributed by atoms with E-state index in [2.05, 4.69) is 0 Å². The van der Waals surface area contributed by atoms with E-state index in [4.69, 9.17) is 14.2 Å². The molecule has 0 radical (unpaired) electrons. The summed E-state index contributed by atoms with van der Waals surface area (Å²) in [6.45, 7) is 4.61. The number of methoxy groups -OCH3 is 1. The van der Waals surface area contributed by atoms with Gasteiger partial charge in [-0.15, -0.1) is 0 Å². The fourth-order valence-corrected chi connectivity index (χ4v) is 4.31. The van der Waals surface area contributed by atoms with Crippen LogP contribution in [0.2, 0.25) is 0 Å². The number of ketones is 1. The molecular formula is C30H31NO6. The van der Waals surface area contributed by atoms with E-state index in [0.29, 0.717) is 29.2 Å². The summed E-state index contributed by atoms with van der Waals surface area (Å²) < 4.78 is 16.9. The maximum absolute atomic E-state index is 13.2. The molecule has 1 unspecified atom stereocenters. The fourth-order valence-electron chi connectivity index (χ4n) is 4.31. The van der Waals surface area contributed by atoms with Crippen molar-refractivity contribution >= 4 is 17.4 Å². The average molecular weight is 502 g/mol. The number of hydrogen-bond acceptors (Lipinski definition) is 6. The number of aliphatic hydroxyl groups is 1. The van der Waals surface area contributed by atoms with Crippen LogP contribution < -0.4 is 9.47 Å². The van der Waals surface area contributed by atoms with Crippen LogP contribution in [0.15, 0.2) is 84.4 Å². The minimum absolute atomic E-state index is 0.0167. The minimum Gasteiger partial charge on any atom is -0.507 e. The monoisotopic (exact) mass is 501 g/mol. The molecule has 7 nitrogen and oxygen atoms in total. The Balaban J connectivity index is 1.73. The normalized spacial score (nSPS) is 16.9. The third kappa shape index (κ3) is 6.01. The zero-order valence-electron chi connectivity index (χ0n) is 21.2. The second-order valence-corrected chi connectivity index (χ2v) is 9.03. The third-order valence-corrected chi connectivity index (χ3v) is 5.98. The molecular weight excluding hydrogens is 470 g/mol. The van der Waals surface area contributed by atoms with Gasteiger partial charge in [0, 0.05) is 19.2 Å². The molecule has 3 aromatic rings. The number of benzene rings is 3. The molecule has 1 saturated heterocycles. The van der Waals surface area contributed by atoms with Crippen molar-refractivity contribution in [2.45, 2.75) is 32.6 Å². The van der Waals surface area contributed by atoms with E-state index in [-0.39, 0.29) is 30.6 Å². The zero-order valence-corrected chi connectivity index (χ0v) is 21.2. The smallest absolute Gasteiger partial charge is 0.295 e. The van der Waals surface area contributed by atoms with E-state index in [9.17, 15) is 14.7 Å². The Kier molecular flexibility index (Phi) is 8.25. The molecule has 1 heterocycles. The number of amides is 1. The molecule has 0 spiro atoms. The van der Waals surface area contributed by atoms with Gasteiger partial charge >= 0.3 is 0 Å². The van der Waals surface area contributed by atoms with Crippen LogP contribution >= 0.6 is 0 Å². The van der Waals surface area contributed by atoms with Crippen molar-refractivity contribution in [3.8, 4) is 11.5 Å². The Morgan fingerprint density at radius 2 is 1.68 bits per heavy atom. The van der Waals surface area contributed by atoms with E-state index in [1.807, 2.05) is 62.4 Å². The van der Waals surface area contributed by atoms with Gasteiger partial charge in [-0.3, -0.25) is 9.59 Å². The highest BCUT2D eigenvalue weighted by molar-refractivity contribution is 6.46. The number of nitrogens with zero attached hydrogens (tertiary/aromatic N) is 1. The van der Waals surface area contributed by atoms with Crippen molar-refractivity contribution in [1.29, 1.82) is 0 Å². The maximum atomic E-state index is 13.2. The topological polar surface area (TPSA) is 85.3 Å². The Labute approximate surface area is 216 Å². The van der Waals surface area contributed by atoms with Gasteiger partial charge in [-0.2, -0.15) is 0 Å². The number of aliphatic hydroxyl groups excluding tert-OH is 1. The molecule has 3 aromatic carbocycles. The third-order valence-electron chi connectivity index (χ3n) is 5.98. The van der Waals surface area contributed by atoms with Crippen LogP contribution in [0.3, 0.4) is 0 Å². The molecule has 0 bridgehead atoms. The van der Waals surface area contributed by atoms with Crippen molar-refractivity contribution < 1.29 is 28.9 Å². The second kappa shape index (κ2) is 11.8. The van der Waals surface area contributed by atoms with Crippen LogP contribution in [0.1, 0.15) is 36.6 Å². The lowest BCUT2D eigenvalue weighted by Gasteiger charge is -2.25. The highest BCUT2D eigenvalue weighted by Crippen LogP contribution is 2.40. The zero-order chi connectivity index (χ0) is 26.4. The minimum atomic E-state index is -0.801. The summed E-state index contributed by atoms with van der Waals surface area (Å²) in [5, 5.41) is 11.3. The summed E-state index contributed by atoms with van der Waals surface area (Å²) in [5.74, 6) is -0.544. The van der Waals surface area contributed by atoms with Crippen molar-refractivity contribution in [2.75, 3.05) is 20.3 Å². The first-order valence-corrected chi connectivity index (χ1v) is 12.2. The lowest BCUT2D eigenvalue weighted by Crippen LogP contribution is -2.32. The molecule has 0 aliphatic carbocycles. The summed E-state index contributed by atoms with van der Waals surface area (Å²) in [5.41, 5.74) is 2.08. The van der Waals surface area contributed by atoms with Gasteiger partial charge in [0.05, 0.1) is 24.3 Å². The van der Waals surface area contributed by atoms with Crippen molar-refractivity contribution in [3.63, 3.8) is 0 Å². The van der Waals surface area contributed by atoms with Crippen molar-refractivity contribution in [2.24, 2.45) is 0 Å². The predicted octanol–water partition coefficient (Wildman–Crippen LogP) is 5.12. The van der Waals surface area contributed by atoms with Gasteiger partial charge in [0.1, 0.15) is 23.9 Å². The number of carbonyl (C=O) groups excluding carboxylic acids is 2. The molecule has 1 amide bonds. The molecule has 192 valence electrons. The van der Waals surface area contributed by atoms with E-state index in [0.717, 1.165) is 5.56 Å². The van der Waals surface area contributed by atoms with Crippen molar-refractivity contribution in [1.82, 2.24) is 4.90 Å². The van der Waals surface area contributed by atoms with Crippen LogP contribution in [0.25, 0.3) is 5.76 Å². The summed E-state index contributed by atoms with van der Waals surface area (Å²) in [6.07, 6.45) is -0.0596. The quantitative estimate of drug-likeness (QED) is 0.236. The number of ether oxygens (including phenoxy) is 3. The van der Waals surface area contributed by atoms with Gasteiger partial charge < -0.3 is 24.2 Å². The SMILES string of the molecule is COCCN1C(=O)C(=O)/C(=C(\O)c2cccc(OC(C)C)c2)C1c1cccc(OCc2ccccc2)c1. The van der Waals surface area contributed by atoms with Crippen LogP contribution in [-0.2, 0) is 20.9 Å². The highest BCUT2D eigenvalue weighted by atomic mass is 16.5. The van der Waals surface area contributed by atoms with Crippen molar-refractivity contribution in [3.05, 3.63) is 101 Å². The van der Waals surface area contributed by atoms with Gasteiger partial charge in [0.25, 0.3) is 11.7 Å². The number of Topliss-reactive ketones (excluding diaryl/α,β-unsaturated/α-hetero) is 1. The Morgan fingerprint density at radius 3 is 2.41 bits per heavy atom. The molecule has 1 fully saturated rings.